The molecule has 0 spiro atoms. The second kappa shape index (κ2) is 5.90. The Morgan fingerprint density at radius 1 is 1.17 bits per heavy atom. The van der Waals surface area contributed by atoms with Crippen LogP contribution in [0.25, 0.3) is 0 Å². The van der Waals surface area contributed by atoms with E-state index >= 15 is 0 Å². The summed E-state index contributed by atoms with van der Waals surface area (Å²) >= 11 is 4.79. The highest BCUT2D eigenvalue weighted by molar-refractivity contribution is 7.81. The summed E-state index contributed by atoms with van der Waals surface area (Å²) in [6, 6.07) is 0. The summed E-state index contributed by atoms with van der Waals surface area (Å²) in [6.45, 7) is 9.10. The molecule has 0 aromatic carbocycles. The van der Waals surface area contributed by atoms with Crippen LogP contribution in [-0.2, 0) is 0 Å². The van der Waals surface area contributed by atoms with Crippen LogP contribution < -0.4 is 0 Å². The number of hydrogen-bond acceptors (Lipinski definition) is 1. The highest BCUT2D eigenvalue weighted by atomic mass is 32.1. The molecule has 0 aliphatic heterocycles. The maximum Gasteiger partial charge on any atom is 0.0150 e. The lowest BCUT2D eigenvalue weighted by molar-refractivity contribution is 0.355. The Labute approximate surface area is 83.5 Å². The van der Waals surface area contributed by atoms with Crippen molar-refractivity contribution in [2.75, 3.05) is 0 Å². The number of unbranched alkanes of at least 4 members (excludes halogenated alkanes) is 1. The van der Waals surface area contributed by atoms with Gasteiger partial charge in [-0.1, -0.05) is 40.5 Å². The van der Waals surface area contributed by atoms with E-state index in [1.807, 2.05) is 0 Å². The van der Waals surface area contributed by atoms with Gasteiger partial charge in [0.05, 0.1) is 0 Å². The molecule has 0 bridgehead atoms. The van der Waals surface area contributed by atoms with Gasteiger partial charge in [-0.15, -0.1) is 0 Å². The fraction of sp³-hybridized carbons (Fsp3) is 1.00. The van der Waals surface area contributed by atoms with E-state index in [9.17, 15) is 0 Å². The Bertz CT molecular complexity index is 106. The van der Waals surface area contributed by atoms with E-state index in [0.29, 0.717) is 0 Å². The normalized spacial score (nSPS) is 14.8. The van der Waals surface area contributed by atoms with E-state index in [-0.39, 0.29) is 4.75 Å². The molecule has 0 aromatic rings. The van der Waals surface area contributed by atoms with E-state index < -0.39 is 0 Å². The van der Waals surface area contributed by atoms with Crippen LogP contribution in [0.2, 0.25) is 0 Å². The van der Waals surface area contributed by atoms with Crippen molar-refractivity contribution in [2.45, 2.75) is 64.5 Å². The molecule has 0 amide bonds. The molecule has 0 radical (unpaired) electrons. The molecular weight excluding hydrogens is 164 g/mol. The Balaban J connectivity index is 3.93. The summed E-state index contributed by atoms with van der Waals surface area (Å²) < 4.78 is 0.287. The molecule has 0 heterocycles. The Morgan fingerprint density at radius 3 is 2.00 bits per heavy atom. The third kappa shape index (κ3) is 3.38. The second-order valence-electron chi connectivity index (χ2n) is 3.85. The van der Waals surface area contributed by atoms with E-state index in [2.05, 4.69) is 27.7 Å². The van der Waals surface area contributed by atoms with E-state index in [4.69, 9.17) is 12.6 Å². The quantitative estimate of drug-likeness (QED) is 0.590. The molecular formula is C11H24S. The van der Waals surface area contributed by atoms with Crippen LogP contribution in [0.15, 0.2) is 0 Å². The lowest BCUT2D eigenvalue weighted by Gasteiger charge is -2.32. The van der Waals surface area contributed by atoms with Crippen LogP contribution in [0.5, 0.6) is 0 Å². The van der Waals surface area contributed by atoms with Crippen LogP contribution in [0.4, 0.5) is 0 Å². The molecule has 0 aliphatic carbocycles. The van der Waals surface area contributed by atoms with Gasteiger partial charge in [-0.05, 0) is 25.2 Å². The predicted molar refractivity (Wildman–Crippen MR) is 61.0 cm³/mol. The molecule has 0 saturated carbocycles. The van der Waals surface area contributed by atoms with Crippen molar-refractivity contribution in [2.24, 2.45) is 5.92 Å². The first kappa shape index (κ1) is 12.3. The topological polar surface area (TPSA) is 0 Å². The van der Waals surface area contributed by atoms with Crippen LogP contribution in [0.1, 0.15) is 59.8 Å². The van der Waals surface area contributed by atoms with Gasteiger partial charge in [-0.25, -0.2) is 0 Å². The summed E-state index contributed by atoms with van der Waals surface area (Å²) in [4.78, 5) is 0. The number of thiol groups is 1. The minimum Gasteiger partial charge on any atom is -0.172 e. The summed E-state index contributed by atoms with van der Waals surface area (Å²) in [5.41, 5.74) is 0. The van der Waals surface area contributed by atoms with Crippen molar-refractivity contribution in [1.29, 1.82) is 0 Å². The summed E-state index contributed by atoms with van der Waals surface area (Å²) in [5, 5.41) is 0. The molecule has 74 valence electrons. The van der Waals surface area contributed by atoms with Crippen molar-refractivity contribution in [1.82, 2.24) is 0 Å². The largest absolute Gasteiger partial charge is 0.172 e. The first-order chi connectivity index (χ1) is 5.60. The third-order valence-corrected chi connectivity index (χ3v) is 4.21. The van der Waals surface area contributed by atoms with Crippen molar-refractivity contribution < 1.29 is 0 Å². The van der Waals surface area contributed by atoms with Gasteiger partial charge in [-0.2, -0.15) is 12.6 Å². The van der Waals surface area contributed by atoms with Gasteiger partial charge >= 0.3 is 0 Å². The molecule has 1 heteroatoms. The molecule has 1 unspecified atom stereocenters. The van der Waals surface area contributed by atoms with Crippen LogP contribution >= 0.6 is 12.6 Å². The van der Waals surface area contributed by atoms with E-state index in [1.165, 1.54) is 32.1 Å². The Hall–Kier alpha value is 0.350. The maximum absolute atomic E-state index is 4.79. The van der Waals surface area contributed by atoms with Crippen molar-refractivity contribution >= 4 is 12.6 Å². The second-order valence-corrected chi connectivity index (χ2v) is 4.74. The van der Waals surface area contributed by atoms with Gasteiger partial charge in [0.25, 0.3) is 0 Å². The smallest absolute Gasteiger partial charge is 0.0150 e. The minimum absolute atomic E-state index is 0.287. The van der Waals surface area contributed by atoms with Crippen molar-refractivity contribution in [3.8, 4) is 0 Å². The lowest BCUT2D eigenvalue weighted by atomic mass is 9.85. The van der Waals surface area contributed by atoms with Gasteiger partial charge in [0.1, 0.15) is 0 Å². The lowest BCUT2D eigenvalue weighted by Crippen LogP contribution is -2.28. The molecule has 0 fully saturated rings. The van der Waals surface area contributed by atoms with Gasteiger partial charge in [0.2, 0.25) is 0 Å². The molecule has 12 heavy (non-hydrogen) atoms. The number of rotatable bonds is 6. The SMILES string of the molecule is CCCCC(C)C(S)(CC)CC. The molecule has 0 saturated heterocycles. The minimum atomic E-state index is 0.287. The third-order valence-electron chi connectivity index (χ3n) is 3.13. The van der Waals surface area contributed by atoms with Crippen molar-refractivity contribution in [3.63, 3.8) is 0 Å². The monoisotopic (exact) mass is 188 g/mol. The van der Waals surface area contributed by atoms with E-state index in [0.717, 1.165) is 5.92 Å². The summed E-state index contributed by atoms with van der Waals surface area (Å²) in [6.07, 6.45) is 6.38. The molecule has 0 rings (SSSR count). The van der Waals surface area contributed by atoms with Gasteiger partial charge < -0.3 is 0 Å². The average Bonchev–Trinajstić information content (AvgIpc) is 2.12. The molecule has 0 aromatic heterocycles. The van der Waals surface area contributed by atoms with Crippen LogP contribution in [0, 0.1) is 5.92 Å². The molecule has 0 aliphatic rings. The van der Waals surface area contributed by atoms with Crippen LogP contribution in [0.3, 0.4) is 0 Å². The molecule has 0 nitrogen and oxygen atoms in total. The van der Waals surface area contributed by atoms with E-state index in [1.54, 1.807) is 0 Å². The molecule has 0 N–H and O–H groups in total. The zero-order valence-corrected chi connectivity index (χ0v) is 9.95. The van der Waals surface area contributed by atoms with Gasteiger partial charge in [0.15, 0.2) is 0 Å². The highest BCUT2D eigenvalue weighted by Gasteiger charge is 2.27. The first-order valence-electron chi connectivity index (χ1n) is 5.33. The predicted octanol–water partition coefficient (Wildman–Crippen LogP) is 4.30. The summed E-state index contributed by atoms with van der Waals surface area (Å²) in [5.74, 6) is 0.760. The standard InChI is InChI=1S/C11H24S/c1-5-8-9-10(4)11(12,6-2)7-3/h10,12H,5-9H2,1-4H3. The zero-order chi connectivity index (χ0) is 9.61. The average molecular weight is 188 g/mol. The van der Waals surface area contributed by atoms with Crippen molar-refractivity contribution in [3.05, 3.63) is 0 Å². The van der Waals surface area contributed by atoms with Gasteiger partial charge in [0, 0.05) is 4.75 Å². The first-order valence-corrected chi connectivity index (χ1v) is 5.77. The van der Waals surface area contributed by atoms with Gasteiger partial charge in [-0.3, -0.25) is 0 Å². The Morgan fingerprint density at radius 2 is 1.67 bits per heavy atom. The fourth-order valence-corrected chi connectivity index (χ4v) is 1.86. The fourth-order valence-electron chi connectivity index (χ4n) is 1.73. The van der Waals surface area contributed by atoms with Crippen LogP contribution in [-0.4, -0.2) is 4.75 Å². The number of hydrogen-bond donors (Lipinski definition) is 1. The zero-order valence-electron chi connectivity index (χ0n) is 9.06. The molecule has 1 atom stereocenters. The Kier molecular flexibility index (Phi) is 6.08. The highest BCUT2D eigenvalue weighted by Crippen LogP contribution is 2.34. The summed E-state index contributed by atoms with van der Waals surface area (Å²) in [7, 11) is 0. The maximum atomic E-state index is 4.79.